The molecule has 0 radical (unpaired) electrons. The topological polar surface area (TPSA) is 115 Å². The predicted molar refractivity (Wildman–Crippen MR) is 126 cm³/mol. The number of nitrogens with one attached hydrogen (secondary N) is 2. The van der Waals surface area contributed by atoms with Gasteiger partial charge in [0.2, 0.25) is 11.8 Å². The fourth-order valence-corrected chi connectivity index (χ4v) is 4.00. The SMILES string of the molecule is CCc1c(C)nn(CC(=O)N2CCCNC(=O)c3ccc(OC)cc3OCCNC(=O)C2)c1C. The van der Waals surface area contributed by atoms with Gasteiger partial charge in [0, 0.05) is 24.8 Å². The molecule has 0 spiro atoms. The van der Waals surface area contributed by atoms with E-state index in [2.05, 4.69) is 22.7 Å². The van der Waals surface area contributed by atoms with Gasteiger partial charge in [0.25, 0.3) is 5.91 Å². The molecular formula is C24H33N5O5. The average molecular weight is 472 g/mol. The Bertz CT molecular complexity index is 1050. The van der Waals surface area contributed by atoms with Crippen LogP contribution >= 0.6 is 0 Å². The summed E-state index contributed by atoms with van der Waals surface area (Å²) >= 11 is 0. The normalized spacial score (nSPS) is 15.5. The van der Waals surface area contributed by atoms with Crippen LogP contribution in [0.5, 0.6) is 11.5 Å². The number of ether oxygens (including phenoxy) is 2. The quantitative estimate of drug-likeness (QED) is 0.693. The van der Waals surface area contributed by atoms with Gasteiger partial charge in [0.05, 0.1) is 31.5 Å². The van der Waals surface area contributed by atoms with Crippen molar-refractivity contribution in [3.8, 4) is 11.5 Å². The van der Waals surface area contributed by atoms with Crippen molar-refractivity contribution >= 4 is 17.7 Å². The highest BCUT2D eigenvalue weighted by Crippen LogP contribution is 2.25. The first-order valence-corrected chi connectivity index (χ1v) is 11.5. The summed E-state index contributed by atoms with van der Waals surface area (Å²) in [6.07, 6.45) is 1.34. The van der Waals surface area contributed by atoms with Crippen LogP contribution in [0.25, 0.3) is 0 Å². The van der Waals surface area contributed by atoms with Crippen molar-refractivity contribution in [2.45, 2.75) is 40.2 Å². The minimum Gasteiger partial charge on any atom is -0.497 e. The van der Waals surface area contributed by atoms with Crippen molar-refractivity contribution in [1.29, 1.82) is 0 Å². The maximum atomic E-state index is 13.1. The van der Waals surface area contributed by atoms with Crippen LogP contribution in [0.3, 0.4) is 0 Å². The maximum absolute atomic E-state index is 13.1. The first-order chi connectivity index (χ1) is 16.3. The largest absolute Gasteiger partial charge is 0.497 e. The fourth-order valence-electron chi connectivity index (χ4n) is 4.00. The van der Waals surface area contributed by atoms with Gasteiger partial charge in [-0.2, -0.15) is 5.10 Å². The van der Waals surface area contributed by atoms with Gasteiger partial charge in [-0.3, -0.25) is 19.1 Å². The molecule has 2 aromatic rings. The van der Waals surface area contributed by atoms with Gasteiger partial charge in [-0.15, -0.1) is 0 Å². The van der Waals surface area contributed by atoms with Gasteiger partial charge in [0.1, 0.15) is 24.7 Å². The standard InChI is InChI=1S/C24H33N5O5/c1-5-19-16(2)27-29(17(19)3)15-23(31)28-11-6-9-26-24(32)20-8-7-18(33-4)13-21(20)34-12-10-25-22(30)14-28/h7-8,13H,5-6,9-12,14-15H2,1-4H3,(H,25,30)(H,26,32). The Hall–Kier alpha value is -3.56. The molecule has 0 aliphatic carbocycles. The molecule has 0 unspecified atom stereocenters. The zero-order valence-corrected chi connectivity index (χ0v) is 20.3. The summed E-state index contributed by atoms with van der Waals surface area (Å²) in [6.45, 7) is 7.00. The van der Waals surface area contributed by atoms with E-state index in [1.54, 1.807) is 22.9 Å². The number of hydrogen-bond donors (Lipinski definition) is 2. The van der Waals surface area contributed by atoms with Crippen molar-refractivity contribution in [3.63, 3.8) is 0 Å². The summed E-state index contributed by atoms with van der Waals surface area (Å²) in [6, 6.07) is 4.98. The Morgan fingerprint density at radius 1 is 1.21 bits per heavy atom. The first-order valence-electron chi connectivity index (χ1n) is 11.5. The Morgan fingerprint density at radius 3 is 2.71 bits per heavy atom. The molecule has 1 aromatic carbocycles. The molecule has 3 rings (SSSR count). The zero-order chi connectivity index (χ0) is 24.7. The van der Waals surface area contributed by atoms with Crippen molar-refractivity contribution in [1.82, 2.24) is 25.3 Å². The van der Waals surface area contributed by atoms with E-state index in [-0.39, 0.29) is 44.0 Å². The van der Waals surface area contributed by atoms with Crippen LogP contribution in [-0.4, -0.2) is 72.3 Å². The molecule has 0 atom stereocenters. The third kappa shape index (κ3) is 6.06. The average Bonchev–Trinajstić information content (AvgIpc) is 3.09. The Balaban J connectivity index is 1.71. The van der Waals surface area contributed by atoms with Gasteiger partial charge in [0.15, 0.2) is 0 Å². The molecule has 10 heteroatoms. The summed E-state index contributed by atoms with van der Waals surface area (Å²) in [5, 5.41) is 10.1. The van der Waals surface area contributed by atoms with Gasteiger partial charge in [-0.05, 0) is 44.4 Å². The number of benzene rings is 1. The highest BCUT2D eigenvalue weighted by Gasteiger charge is 2.21. The molecule has 1 aromatic heterocycles. The van der Waals surface area contributed by atoms with Crippen LogP contribution < -0.4 is 20.1 Å². The van der Waals surface area contributed by atoms with Crippen LogP contribution in [0.1, 0.15) is 40.7 Å². The van der Waals surface area contributed by atoms with Gasteiger partial charge < -0.3 is 25.0 Å². The molecule has 0 saturated carbocycles. The van der Waals surface area contributed by atoms with E-state index in [9.17, 15) is 14.4 Å². The molecule has 2 N–H and O–H groups in total. The molecular weight excluding hydrogens is 438 g/mol. The third-order valence-corrected chi connectivity index (χ3v) is 5.86. The third-order valence-electron chi connectivity index (χ3n) is 5.86. The predicted octanol–water partition coefficient (Wildman–Crippen LogP) is 1.23. The number of fused-ring (bicyclic) bond motifs is 1. The first kappa shape index (κ1) is 25.1. The lowest BCUT2D eigenvalue weighted by molar-refractivity contribution is -0.136. The lowest BCUT2D eigenvalue weighted by atomic mass is 10.1. The van der Waals surface area contributed by atoms with E-state index in [1.807, 2.05) is 13.8 Å². The lowest BCUT2D eigenvalue weighted by Crippen LogP contribution is -2.44. The number of methoxy groups -OCH3 is 1. The lowest BCUT2D eigenvalue weighted by Gasteiger charge is -2.23. The molecule has 34 heavy (non-hydrogen) atoms. The summed E-state index contributed by atoms with van der Waals surface area (Å²) in [5.74, 6) is 0.212. The van der Waals surface area contributed by atoms with Crippen LogP contribution in [-0.2, 0) is 22.6 Å². The second-order valence-electron chi connectivity index (χ2n) is 8.15. The summed E-state index contributed by atoms with van der Waals surface area (Å²) in [5.41, 5.74) is 3.38. The molecule has 1 aliphatic rings. The number of carbonyl (C=O) groups excluding carboxylic acids is 3. The minimum absolute atomic E-state index is 0.0602. The van der Waals surface area contributed by atoms with Crippen molar-refractivity contribution < 1.29 is 23.9 Å². The van der Waals surface area contributed by atoms with Crippen molar-refractivity contribution in [3.05, 3.63) is 40.7 Å². The second kappa shape index (κ2) is 11.5. The fraction of sp³-hybridized carbons (Fsp3) is 0.500. The molecule has 0 fully saturated rings. The van der Waals surface area contributed by atoms with Crippen LogP contribution in [0.2, 0.25) is 0 Å². The summed E-state index contributed by atoms with van der Waals surface area (Å²) in [7, 11) is 1.54. The summed E-state index contributed by atoms with van der Waals surface area (Å²) in [4.78, 5) is 39.8. The Morgan fingerprint density at radius 2 is 2.00 bits per heavy atom. The van der Waals surface area contributed by atoms with Crippen molar-refractivity contribution in [2.24, 2.45) is 0 Å². The van der Waals surface area contributed by atoms with Crippen LogP contribution in [0.15, 0.2) is 18.2 Å². The number of hydrogen-bond acceptors (Lipinski definition) is 6. The zero-order valence-electron chi connectivity index (χ0n) is 20.3. The molecule has 3 amide bonds. The smallest absolute Gasteiger partial charge is 0.255 e. The minimum atomic E-state index is -0.272. The molecule has 1 aliphatic heterocycles. The molecule has 0 bridgehead atoms. The van der Waals surface area contributed by atoms with E-state index in [4.69, 9.17) is 9.47 Å². The number of amides is 3. The Labute approximate surface area is 199 Å². The van der Waals surface area contributed by atoms with Crippen LogP contribution in [0.4, 0.5) is 0 Å². The molecule has 10 nitrogen and oxygen atoms in total. The molecule has 0 saturated heterocycles. The maximum Gasteiger partial charge on any atom is 0.255 e. The number of nitrogens with zero attached hydrogens (tertiary/aromatic N) is 3. The van der Waals surface area contributed by atoms with Gasteiger partial charge in [-0.25, -0.2) is 0 Å². The number of aryl methyl sites for hydroxylation is 1. The highest BCUT2D eigenvalue weighted by atomic mass is 16.5. The Kier molecular flexibility index (Phi) is 8.50. The summed E-state index contributed by atoms with van der Waals surface area (Å²) < 4.78 is 12.6. The number of carbonyl (C=O) groups is 3. The second-order valence-corrected chi connectivity index (χ2v) is 8.15. The van der Waals surface area contributed by atoms with Crippen molar-refractivity contribution in [2.75, 3.05) is 39.9 Å². The highest BCUT2D eigenvalue weighted by molar-refractivity contribution is 5.97. The monoisotopic (exact) mass is 471 g/mol. The van der Waals surface area contributed by atoms with Gasteiger partial charge >= 0.3 is 0 Å². The van der Waals surface area contributed by atoms with Gasteiger partial charge in [-0.1, -0.05) is 6.92 Å². The van der Waals surface area contributed by atoms with E-state index >= 15 is 0 Å². The van der Waals surface area contributed by atoms with E-state index in [1.165, 1.54) is 12.0 Å². The number of rotatable bonds is 4. The number of aromatic nitrogens is 2. The molecule has 2 heterocycles. The molecule has 184 valence electrons. The van der Waals surface area contributed by atoms with Crippen LogP contribution in [0, 0.1) is 13.8 Å². The van der Waals surface area contributed by atoms with E-state index < -0.39 is 0 Å². The van der Waals surface area contributed by atoms with E-state index in [0.717, 1.165) is 23.4 Å². The van der Waals surface area contributed by atoms with E-state index in [0.29, 0.717) is 36.6 Å².